The normalized spacial score (nSPS) is 13.2. The second-order valence-corrected chi connectivity index (χ2v) is 3.30. The van der Waals surface area contributed by atoms with Crippen molar-refractivity contribution in [2.75, 3.05) is 0 Å². The fraction of sp³-hybridized carbons (Fsp3) is 0.625. The first-order valence-corrected chi connectivity index (χ1v) is 4.10. The predicted molar refractivity (Wildman–Crippen MR) is 46.2 cm³/mol. The van der Waals surface area contributed by atoms with Gasteiger partial charge in [0.1, 0.15) is 18.1 Å². The van der Waals surface area contributed by atoms with Gasteiger partial charge < -0.3 is 5.11 Å². The summed E-state index contributed by atoms with van der Waals surface area (Å²) >= 11 is 0. The molecule has 5 nitrogen and oxygen atoms in total. The van der Waals surface area contributed by atoms with Crippen LogP contribution in [0.15, 0.2) is 6.33 Å². The van der Waals surface area contributed by atoms with Gasteiger partial charge in [-0.15, -0.1) is 0 Å². The van der Waals surface area contributed by atoms with Crippen LogP contribution in [0.1, 0.15) is 25.6 Å². The lowest BCUT2D eigenvalue weighted by molar-refractivity contribution is -0.140. The van der Waals surface area contributed by atoms with Crippen LogP contribution in [-0.4, -0.2) is 25.8 Å². The van der Waals surface area contributed by atoms with E-state index in [0.717, 1.165) is 0 Å². The Labute approximate surface area is 76.4 Å². The number of aromatic nitrogens is 3. The molecule has 0 aromatic carbocycles. The molecule has 0 saturated carbocycles. The number of aryl methyl sites for hydroxylation is 1. The summed E-state index contributed by atoms with van der Waals surface area (Å²) in [4.78, 5) is 14.8. The van der Waals surface area contributed by atoms with Crippen molar-refractivity contribution in [2.45, 2.75) is 19.8 Å². The lowest BCUT2D eigenvalue weighted by Crippen LogP contribution is -2.21. The Morgan fingerprint density at radius 1 is 1.62 bits per heavy atom. The summed E-state index contributed by atoms with van der Waals surface area (Å²) < 4.78 is 1.50. The fourth-order valence-corrected chi connectivity index (χ4v) is 1.28. The Morgan fingerprint density at radius 3 is 2.54 bits per heavy atom. The molecule has 13 heavy (non-hydrogen) atoms. The highest BCUT2D eigenvalue weighted by Gasteiger charge is 2.27. The van der Waals surface area contributed by atoms with Crippen LogP contribution in [-0.2, 0) is 11.8 Å². The molecule has 0 radical (unpaired) electrons. The van der Waals surface area contributed by atoms with Crippen LogP contribution in [0.2, 0.25) is 0 Å². The zero-order valence-corrected chi connectivity index (χ0v) is 7.93. The summed E-state index contributed by atoms with van der Waals surface area (Å²) in [5.74, 6) is -0.915. The van der Waals surface area contributed by atoms with Crippen molar-refractivity contribution >= 4 is 5.97 Å². The smallest absolute Gasteiger partial charge is 0.314 e. The highest BCUT2D eigenvalue weighted by atomic mass is 16.4. The number of hydrogen-bond acceptors (Lipinski definition) is 3. The van der Waals surface area contributed by atoms with Crippen molar-refractivity contribution in [2.24, 2.45) is 13.0 Å². The summed E-state index contributed by atoms with van der Waals surface area (Å²) in [5, 5.41) is 12.8. The number of hydrogen-bond donors (Lipinski definition) is 1. The van der Waals surface area contributed by atoms with E-state index in [-0.39, 0.29) is 5.92 Å². The number of carboxylic acid groups (broad SMARTS) is 1. The first-order valence-electron chi connectivity index (χ1n) is 4.10. The highest BCUT2D eigenvalue weighted by Crippen LogP contribution is 2.21. The summed E-state index contributed by atoms with van der Waals surface area (Å²) in [6.07, 6.45) is 1.37. The molecule has 0 saturated heterocycles. The molecule has 0 aliphatic heterocycles. The van der Waals surface area contributed by atoms with E-state index in [1.165, 1.54) is 11.0 Å². The van der Waals surface area contributed by atoms with E-state index in [1.807, 2.05) is 13.8 Å². The largest absolute Gasteiger partial charge is 0.481 e. The van der Waals surface area contributed by atoms with Gasteiger partial charge in [-0.3, -0.25) is 9.48 Å². The van der Waals surface area contributed by atoms with Gasteiger partial charge >= 0.3 is 5.97 Å². The van der Waals surface area contributed by atoms with Gasteiger partial charge in [-0.25, -0.2) is 4.98 Å². The highest BCUT2D eigenvalue weighted by molar-refractivity contribution is 5.75. The Balaban J connectivity index is 3.02. The molecule has 72 valence electrons. The second kappa shape index (κ2) is 3.55. The van der Waals surface area contributed by atoms with E-state index in [0.29, 0.717) is 5.82 Å². The van der Waals surface area contributed by atoms with Crippen LogP contribution in [0.3, 0.4) is 0 Å². The van der Waals surface area contributed by atoms with E-state index in [1.54, 1.807) is 7.05 Å². The van der Waals surface area contributed by atoms with Gasteiger partial charge in [0.05, 0.1) is 0 Å². The molecule has 1 atom stereocenters. The lowest BCUT2D eigenvalue weighted by atomic mass is 9.95. The van der Waals surface area contributed by atoms with Gasteiger partial charge in [0.15, 0.2) is 0 Å². The van der Waals surface area contributed by atoms with Crippen LogP contribution >= 0.6 is 0 Å². The maximum Gasteiger partial charge on any atom is 0.314 e. The summed E-state index contributed by atoms with van der Waals surface area (Å²) in [7, 11) is 1.70. The molecule has 0 aliphatic rings. The van der Waals surface area contributed by atoms with Crippen LogP contribution < -0.4 is 0 Å². The van der Waals surface area contributed by atoms with Gasteiger partial charge in [0.25, 0.3) is 0 Å². The van der Waals surface area contributed by atoms with Crippen LogP contribution in [0, 0.1) is 5.92 Å². The average Bonchev–Trinajstić information content (AvgIpc) is 2.35. The third-order valence-electron chi connectivity index (χ3n) is 1.96. The number of carbonyl (C=O) groups is 1. The lowest BCUT2D eigenvalue weighted by Gasteiger charge is -2.14. The van der Waals surface area contributed by atoms with Crippen LogP contribution in [0.4, 0.5) is 0 Å². The number of nitrogens with zero attached hydrogens (tertiary/aromatic N) is 3. The van der Waals surface area contributed by atoms with Gasteiger partial charge in [-0.1, -0.05) is 13.8 Å². The molecule has 0 aliphatic carbocycles. The molecule has 1 rings (SSSR count). The van der Waals surface area contributed by atoms with Crippen molar-refractivity contribution in [1.29, 1.82) is 0 Å². The zero-order chi connectivity index (χ0) is 10.0. The minimum Gasteiger partial charge on any atom is -0.481 e. The topological polar surface area (TPSA) is 68.0 Å². The van der Waals surface area contributed by atoms with Crippen molar-refractivity contribution in [1.82, 2.24) is 14.8 Å². The zero-order valence-electron chi connectivity index (χ0n) is 7.93. The fourth-order valence-electron chi connectivity index (χ4n) is 1.28. The van der Waals surface area contributed by atoms with Gasteiger partial charge in [0.2, 0.25) is 0 Å². The SMILES string of the molecule is CC(C)C(C(=O)O)c1ncnn1C. The van der Waals surface area contributed by atoms with Crippen molar-refractivity contribution in [3.63, 3.8) is 0 Å². The molecular formula is C8H13N3O2. The van der Waals surface area contributed by atoms with Gasteiger partial charge in [-0.05, 0) is 5.92 Å². The van der Waals surface area contributed by atoms with Crippen LogP contribution in [0.5, 0.6) is 0 Å². The third kappa shape index (κ3) is 1.85. The van der Waals surface area contributed by atoms with E-state index < -0.39 is 11.9 Å². The number of aliphatic carboxylic acids is 1. The van der Waals surface area contributed by atoms with Crippen molar-refractivity contribution in [3.05, 3.63) is 12.2 Å². The molecule has 1 unspecified atom stereocenters. The molecule has 0 bridgehead atoms. The van der Waals surface area contributed by atoms with Crippen molar-refractivity contribution < 1.29 is 9.90 Å². The minimum absolute atomic E-state index is 0.0143. The maximum atomic E-state index is 10.9. The Bertz CT molecular complexity index is 306. The van der Waals surface area contributed by atoms with E-state index in [4.69, 9.17) is 5.11 Å². The van der Waals surface area contributed by atoms with Crippen molar-refractivity contribution in [3.8, 4) is 0 Å². The molecular weight excluding hydrogens is 170 g/mol. The van der Waals surface area contributed by atoms with Gasteiger partial charge in [-0.2, -0.15) is 5.10 Å². The Morgan fingerprint density at radius 2 is 2.23 bits per heavy atom. The first kappa shape index (κ1) is 9.70. The predicted octanol–water partition coefficient (Wildman–Crippen LogP) is 0.639. The molecule has 0 fully saturated rings. The number of rotatable bonds is 3. The summed E-state index contributed by atoms with van der Waals surface area (Å²) in [5.41, 5.74) is 0. The second-order valence-electron chi connectivity index (χ2n) is 3.30. The number of carboxylic acids is 1. The molecule has 1 aromatic heterocycles. The summed E-state index contributed by atoms with van der Waals surface area (Å²) in [6.45, 7) is 3.71. The van der Waals surface area contributed by atoms with Gasteiger partial charge in [0, 0.05) is 7.05 Å². The Hall–Kier alpha value is -1.39. The van der Waals surface area contributed by atoms with E-state index in [9.17, 15) is 4.79 Å². The molecule has 1 heterocycles. The minimum atomic E-state index is -0.855. The maximum absolute atomic E-state index is 10.9. The first-order chi connectivity index (χ1) is 6.04. The third-order valence-corrected chi connectivity index (χ3v) is 1.96. The molecule has 0 amide bonds. The molecule has 0 spiro atoms. The molecule has 1 N–H and O–H groups in total. The molecule has 1 aromatic rings. The monoisotopic (exact) mass is 183 g/mol. The standard InChI is InChI=1S/C8H13N3O2/c1-5(2)6(8(12)13)7-9-4-10-11(7)3/h4-6H,1-3H3,(H,12,13). The van der Waals surface area contributed by atoms with E-state index >= 15 is 0 Å². The van der Waals surface area contributed by atoms with Crippen LogP contribution in [0.25, 0.3) is 0 Å². The Kier molecular flexibility index (Phi) is 2.65. The summed E-state index contributed by atoms with van der Waals surface area (Å²) in [6, 6.07) is 0. The average molecular weight is 183 g/mol. The quantitative estimate of drug-likeness (QED) is 0.746. The molecule has 5 heteroatoms. The van der Waals surface area contributed by atoms with E-state index in [2.05, 4.69) is 10.1 Å².